The van der Waals surface area contributed by atoms with Crippen LogP contribution in [0, 0.1) is 0 Å². The number of thioether (sulfide) groups is 1. The van der Waals surface area contributed by atoms with Crippen molar-refractivity contribution in [1.82, 2.24) is 5.32 Å². The molecule has 0 bridgehead atoms. The van der Waals surface area contributed by atoms with E-state index in [-0.39, 0.29) is 69.7 Å². The van der Waals surface area contributed by atoms with Crippen LogP contribution in [0.15, 0.2) is 0 Å². The first-order valence-electron chi connectivity index (χ1n) is 4.24. The molecule has 1 amide bonds. The van der Waals surface area contributed by atoms with Crippen molar-refractivity contribution in [2.75, 3.05) is 18.1 Å². The van der Waals surface area contributed by atoms with Crippen molar-refractivity contribution in [3.05, 3.63) is 0 Å². The number of rotatable bonds is 7. The summed E-state index contributed by atoms with van der Waals surface area (Å²) in [6, 6.07) is -0.948. The molecular formula is C8H14KNO4S. The number of hydrogen-bond acceptors (Lipinski definition) is 5. The van der Waals surface area contributed by atoms with Crippen LogP contribution in [0.25, 0.3) is 0 Å². The van der Waals surface area contributed by atoms with Crippen LogP contribution in [-0.4, -0.2) is 41.1 Å². The molecule has 0 aliphatic heterocycles. The summed E-state index contributed by atoms with van der Waals surface area (Å²) in [6.07, 6.45) is 0.616. The average Bonchev–Trinajstić information content (AvgIpc) is 2.09. The van der Waals surface area contributed by atoms with Gasteiger partial charge in [0.15, 0.2) is 0 Å². The standard InChI is InChI=1S/C8H15NO4S.K/c1-6(11)9-7(8(12)13)5-14-4-2-3-10;/h7,10H,2-5H2,1H3,(H,9,11)(H,12,13);/q;+1/p-1/t7-;/m0./s1/i5+1,7+1,8+1,9+1;. The van der Waals surface area contributed by atoms with Crippen molar-refractivity contribution in [3.8, 4) is 0 Å². The zero-order valence-corrected chi connectivity index (χ0v) is 12.9. The van der Waals surface area contributed by atoms with Crippen LogP contribution < -0.4 is 61.8 Å². The van der Waals surface area contributed by atoms with E-state index in [4.69, 9.17) is 5.11 Å². The number of carboxylic acid groups (broad SMARTS) is 1. The van der Waals surface area contributed by atoms with Gasteiger partial charge < -0.3 is 20.3 Å². The minimum atomic E-state index is -1.28. The second kappa shape index (κ2) is 11.4. The molecule has 0 aromatic rings. The fraction of sp³-hybridized carbons (Fsp3) is 0.750. The molecule has 82 valence electrons. The molecule has 7 heteroatoms. The SMILES string of the molecule is CC(=O)[15NH][13C@@H]([13CH2]SCCCO)[13C](=O)[O-].[K+]. The van der Waals surface area contributed by atoms with Crippen LogP contribution in [0.2, 0.25) is 0 Å². The fourth-order valence-corrected chi connectivity index (χ4v) is 1.74. The predicted molar refractivity (Wildman–Crippen MR) is 51.6 cm³/mol. The van der Waals surface area contributed by atoms with Crippen molar-refractivity contribution in [2.24, 2.45) is 0 Å². The van der Waals surface area contributed by atoms with Crippen LogP contribution in [0.3, 0.4) is 0 Å². The zero-order chi connectivity index (χ0) is 11.0. The topological polar surface area (TPSA) is 89.5 Å². The molecule has 0 rings (SSSR count). The molecule has 0 aromatic heterocycles. The third-order valence-electron chi connectivity index (χ3n) is 1.39. The molecule has 0 aromatic carbocycles. The van der Waals surface area contributed by atoms with E-state index in [1.54, 1.807) is 0 Å². The van der Waals surface area contributed by atoms with E-state index >= 15 is 0 Å². The summed E-state index contributed by atoms with van der Waals surface area (Å²) in [7, 11) is 0. The number of carboxylic acids is 1. The van der Waals surface area contributed by atoms with Crippen LogP contribution in [-0.2, 0) is 9.59 Å². The monoisotopic (exact) mass is 263 g/mol. The Balaban J connectivity index is 0. The maximum Gasteiger partial charge on any atom is 1.00 e. The number of aliphatic hydroxyl groups excluding tert-OH is 1. The first-order chi connectivity index (χ1) is 6.57. The Morgan fingerprint density at radius 3 is 2.53 bits per heavy atom. The maximum absolute atomic E-state index is 10.6. The van der Waals surface area contributed by atoms with Crippen LogP contribution in [0.4, 0.5) is 0 Å². The van der Waals surface area contributed by atoms with E-state index in [0.29, 0.717) is 12.2 Å². The van der Waals surface area contributed by atoms with E-state index < -0.39 is 12.0 Å². The molecule has 5 nitrogen and oxygen atoms in total. The summed E-state index contributed by atoms with van der Waals surface area (Å²) in [5.41, 5.74) is 0. The molecule has 2 N–H and O–H groups in total. The molecule has 0 unspecified atom stereocenters. The molecule has 0 spiro atoms. The van der Waals surface area contributed by atoms with Gasteiger partial charge in [-0.25, -0.2) is 0 Å². The largest absolute Gasteiger partial charge is 1.00 e. The van der Waals surface area contributed by atoms with Crippen molar-refractivity contribution < 1.29 is 71.2 Å². The molecule has 15 heavy (non-hydrogen) atoms. The Morgan fingerprint density at radius 1 is 1.53 bits per heavy atom. The molecule has 0 saturated carbocycles. The summed E-state index contributed by atoms with van der Waals surface area (Å²) < 4.78 is 0. The average molecular weight is 263 g/mol. The molecule has 0 aliphatic carbocycles. The summed E-state index contributed by atoms with van der Waals surface area (Å²) in [4.78, 5) is 21.1. The Morgan fingerprint density at radius 2 is 2.13 bits per heavy atom. The molecule has 0 fully saturated rings. The van der Waals surface area contributed by atoms with Crippen LogP contribution in [0.5, 0.6) is 0 Å². The normalized spacial score (nSPS) is 11.3. The Hall–Kier alpha value is 0.886. The second-order valence-electron chi connectivity index (χ2n) is 2.72. The predicted octanol–water partition coefficient (Wildman–Crippen LogP) is -4.64. The van der Waals surface area contributed by atoms with E-state index in [1.165, 1.54) is 18.7 Å². The number of amides is 1. The first kappa shape index (κ1) is 18.3. The van der Waals surface area contributed by atoms with Crippen molar-refractivity contribution in [2.45, 2.75) is 19.4 Å². The van der Waals surface area contributed by atoms with Crippen LogP contribution >= 0.6 is 11.8 Å². The number of carbonyl (C=O) groups excluding carboxylic acids is 2. The van der Waals surface area contributed by atoms with Gasteiger partial charge in [-0.15, -0.1) is 0 Å². The van der Waals surface area contributed by atoms with Gasteiger partial charge in [-0.05, 0) is 12.2 Å². The van der Waals surface area contributed by atoms with Gasteiger partial charge in [0.1, 0.15) is 0 Å². The van der Waals surface area contributed by atoms with Gasteiger partial charge in [0.2, 0.25) is 5.91 Å². The molecular weight excluding hydrogens is 249 g/mol. The van der Waals surface area contributed by atoms with Gasteiger partial charge in [-0.1, -0.05) is 0 Å². The van der Waals surface area contributed by atoms with Crippen molar-refractivity contribution in [1.29, 1.82) is 0 Å². The smallest absolute Gasteiger partial charge is 0.548 e. The van der Waals surface area contributed by atoms with Gasteiger partial charge in [0.25, 0.3) is 0 Å². The number of aliphatic hydroxyl groups is 1. The fourth-order valence-electron chi connectivity index (χ4n) is 0.782. The zero-order valence-electron chi connectivity index (χ0n) is 8.99. The third kappa shape index (κ3) is 11.2. The molecule has 0 heterocycles. The summed E-state index contributed by atoms with van der Waals surface area (Å²) in [5, 5.41) is 21.3. The molecule has 0 radical (unpaired) electrons. The summed E-state index contributed by atoms with van der Waals surface area (Å²) in [5.74, 6) is -0.736. The Labute approximate surface area is 136 Å². The van der Waals surface area contributed by atoms with Crippen molar-refractivity contribution >= 4 is 23.6 Å². The number of hydrogen-bond donors (Lipinski definition) is 2. The van der Waals surface area contributed by atoms with Gasteiger partial charge in [0.05, 0.1) is 12.0 Å². The third-order valence-corrected chi connectivity index (χ3v) is 2.54. The molecule has 1 atom stereocenters. The minimum absolute atomic E-state index is 0. The van der Waals surface area contributed by atoms with E-state index in [0.717, 1.165) is 0 Å². The van der Waals surface area contributed by atoms with Gasteiger partial charge >= 0.3 is 51.4 Å². The van der Waals surface area contributed by atoms with Gasteiger partial charge in [-0.3, -0.25) is 4.79 Å². The second-order valence-corrected chi connectivity index (χ2v) is 3.87. The van der Waals surface area contributed by atoms with Gasteiger partial charge in [-0.2, -0.15) is 11.8 Å². The van der Waals surface area contributed by atoms with Crippen molar-refractivity contribution in [3.63, 3.8) is 0 Å². The van der Waals surface area contributed by atoms with E-state index in [1.807, 2.05) is 0 Å². The number of aliphatic carboxylic acids is 1. The van der Waals surface area contributed by atoms with E-state index in [2.05, 4.69) is 5.32 Å². The summed E-state index contributed by atoms with van der Waals surface area (Å²) >= 11 is 1.36. The quantitative estimate of drug-likeness (QED) is 0.209. The van der Waals surface area contributed by atoms with Gasteiger partial charge in [0, 0.05) is 19.3 Å². The first-order valence-corrected chi connectivity index (χ1v) is 5.40. The molecule has 0 saturated heterocycles. The molecule has 0 aliphatic rings. The number of carbonyl (C=O) groups is 2. The van der Waals surface area contributed by atoms with E-state index in [9.17, 15) is 14.7 Å². The Bertz CT molecular complexity index is 203. The van der Waals surface area contributed by atoms with Crippen LogP contribution in [0.1, 0.15) is 13.3 Å². The maximum atomic E-state index is 10.6. The number of nitrogens with one attached hydrogen (secondary N) is 1. The minimum Gasteiger partial charge on any atom is -0.548 e. The summed E-state index contributed by atoms with van der Waals surface area (Å²) in [6.45, 7) is 1.34. The Kier molecular flexibility index (Phi) is 13.8.